The van der Waals surface area contributed by atoms with Crippen LogP contribution in [0.2, 0.25) is 0 Å². The van der Waals surface area contributed by atoms with E-state index >= 15 is 0 Å². The highest BCUT2D eigenvalue weighted by Crippen LogP contribution is 2.26. The third-order valence-corrected chi connectivity index (χ3v) is 3.53. The lowest BCUT2D eigenvalue weighted by Crippen LogP contribution is -2.44. The molecule has 104 valence electrons. The van der Waals surface area contributed by atoms with E-state index in [1.165, 1.54) is 4.90 Å². The van der Waals surface area contributed by atoms with Crippen LogP contribution in [0.4, 0.5) is 0 Å². The maximum absolute atomic E-state index is 10.8. The Bertz CT molecular complexity index is 347. The van der Waals surface area contributed by atoms with Gasteiger partial charge in [0.2, 0.25) is 5.84 Å². The number of alkyl halides is 2. The number of nitro groups is 1. The van der Waals surface area contributed by atoms with Crippen molar-refractivity contribution in [3.8, 4) is 0 Å². The van der Waals surface area contributed by atoms with Crippen LogP contribution in [0, 0.1) is 22.0 Å². The molecule has 0 aromatic carbocycles. The van der Waals surface area contributed by atoms with Gasteiger partial charge in [0.1, 0.15) is 0 Å². The Kier molecular flexibility index (Phi) is 5.19. The summed E-state index contributed by atoms with van der Waals surface area (Å²) in [5, 5.41) is 10.8. The normalized spacial score (nSPS) is 25.3. The highest BCUT2D eigenvalue weighted by molar-refractivity contribution is 6.57. The number of aliphatic imine (C=N–C) groups is 1. The lowest BCUT2D eigenvalue weighted by atomic mass is 9.99. The highest BCUT2D eigenvalue weighted by atomic mass is 35.5. The highest BCUT2D eigenvalue weighted by Gasteiger charge is 2.46. The summed E-state index contributed by atoms with van der Waals surface area (Å²) in [7, 11) is 3.24. The van der Waals surface area contributed by atoms with Crippen LogP contribution in [0.1, 0.15) is 6.92 Å². The minimum absolute atomic E-state index is 0.0370. The molecule has 8 heteroatoms. The summed E-state index contributed by atoms with van der Waals surface area (Å²) < 4.78 is 3.10. The van der Waals surface area contributed by atoms with Gasteiger partial charge in [0, 0.05) is 33.2 Å². The van der Waals surface area contributed by atoms with Crippen LogP contribution in [0.15, 0.2) is 4.99 Å². The van der Waals surface area contributed by atoms with Crippen molar-refractivity contribution in [3.63, 3.8) is 0 Å². The van der Waals surface area contributed by atoms with Crippen molar-refractivity contribution < 1.29 is 9.66 Å². The van der Waals surface area contributed by atoms with E-state index in [9.17, 15) is 10.1 Å². The second kappa shape index (κ2) is 6.04. The molecule has 0 spiro atoms. The molecule has 1 heterocycles. The van der Waals surface area contributed by atoms with Crippen LogP contribution in [-0.4, -0.2) is 54.0 Å². The molecule has 2 unspecified atom stereocenters. The van der Waals surface area contributed by atoms with Crippen molar-refractivity contribution in [2.24, 2.45) is 16.8 Å². The first-order valence-corrected chi connectivity index (χ1v) is 6.34. The molecule has 0 radical (unpaired) electrons. The van der Waals surface area contributed by atoms with Gasteiger partial charge in [-0.05, 0) is 29.1 Å². The Hall–Kier alpha value is -0.590. The van der Waals surface area contributed by atoms with Gasteiger partial charge in [-0.3, -0.25) is 15.1 Å². The predicted octanol–water partition coefficient (Wildman–Crippen LogP) is 1.64. The smallest absolute Gasteiger partial charge is 0.381 e. The van der Waals surface area contributed by atoms with Crippen molar-refractivity contribution in [1.82, 2.24) is 4.90 Å². The Balaban J connectivity index is 2.82. The quantitative estimate of drug-likeness (QED) is 0.198. The Labute approximate surface area is 116 Å². The zero-order chi connectivity index (χ0) is 13.9. The number of ether oxygens (including phenoxy) is 1. The number of rotatable bonds is 4. The molecular formula is C10H17Cl2N3O3. The van der Waals surface area contributed by atoms with Gasteiger partial charge in [0.15, 0.2) is 0 Å². The maximum atomic E-state index is 10.8. The average molecular weight is 298 g/mol. The zero-order valence-electron chi connectivity index (χ0n) is 10.6. The minimum Gasteiger partial charge on any atom is -0.381 e. The van der Waals surface area contributed by atoms with Crippen LogP contribution in [-0.2, 0) is 4.74 Å². The van der Waals surface area contributed by atoms with Crippen LogP contribution in [0.3, 0.4) is 0 Å². The predicted molar refractivity (Wildman–Crippen MR) is 70.9 cm³/mol. The molecule has 6 nitrogen and oxygen atoms in total. The van der Waals surface area contributed by atoms with Gasteiger partial charge in [-0.15, -0.1) is 0 Å². The molecule has 1 aliphatic heterocycles. The average Bonchev–Trinajstić information content (AvgIpc) is 2.63. The fourth-order valence-electron chi connectivity index (χ4n) is 1.73. The number of hydrogen-bond acceptors (Lipinski definition) is 4. The van der Waals surface area contributed by atoms with Crippen molar-refractivity contribution in [3.05, 3.63) is 10.1 Å². The summed E-state index contributed by atoms with van der Waals surface area (Å²) in [6.07, 6.45) is 0. The van der Waals surface area contributed by atoms with E-state index in [0.29, 0.717) is 25.7 Å². The third kappa shape index (κ3) is 3.46. The number of likely N-dealkylation sites (N-methyl/N-ethyl adjacent to an activating group) is 1. The summed E-state index contributed by atoms with van der Waals surface area (Å²) in [6.45, 7) is 3.79. The first-order valence-electron chi connectivity index (χ1n) is 5.59. The molecule has 0 saturated carbocycles. The number of halogens is 2. The van der Waals surface area contributed by atoms with Gasteiger partial charge in [0.05, 0.1) is 11.5 Å². The summed E-state index contributed by atoms with van der Waals surface area (Å²) in [4.78, 5) is 15.7. The summed E-state index contributed by atoms with van der Waals surface area (Å²) in [5.74, 6) is 0.665. The second-order valence-corrected chi connectivity index (χ2v) is 5.92. The number of amidine groups is 1. The van der Waals surface area contributed by atoms with Crippen molar-refractivity contribution in [2.45, 2.75) is 11.4 Å². The summed E-state index contributed by atoms with van der Waals surface area (Å²) >= 11 is 11.4. The lowest BCUT2D eigenvalue weighted by Gasteiger charge is -2.21. The molecule has 0 N–H and O–H groups in total. The molecule has 0 amide bonds. The molecule has 1 fully saturated rings. The molecule has 1 aliphatic rings. The largest absolute Gasteiger partial charge is 0.427 e. The van der Waals surface area contributed by atoms with Crippen LogP contribution in [0.5, 0.6) is 0 Å². The van der Waals surface area contributed by atoms with E-state index in [4.69, 9.17) is 27.9 Å². The monoisotopic (exact) mass is 297 g/mol. The van der Waals surface area contributed by atoms with Crippen molar-refractivity contribution >= 4 is 29.0 Å². The van der Waals surface area contributed by atoms with Crippen LogP contribution < -0.4 is 0 Å². The number of nitrogens with zero attached hydrogens (tertiary/aromatic N) is 3. The van der Waals surface area contributed by atoms with Gasteiger partial charge >= 0.3 is 4.46 Å². The second-order valence-electron chi connectivity index (χ2n) is 4.63. The van der Waals surface area contributed by atoms with Gasteiger partial charge in [-0.2, -0.15) is 0 Å². The fraction of sp³-hybridized carbons (Fsp3) is 0.900. The third-order valence-electron chi connectivity index (χ3n) is 2.91. The number of hydrogen-bond donors (Lipinski definition) is 0. The van der Waals surface area contributed by atoms with Crippen LogP contribution in [0.25, 0.3) is 0 Å². The van der Waals surface area contributed by atoms with Gasteiger partial charge < -0.3 is 9.64 Å². The molecule has 0 bridgehead atoms. The van der Waals surface area contributed by atoms with E-state index in [0.717, 1.165) is 0 Å². The molecule has 1 saturated heterocycles. The van der Waals surface area contributed by atoms with E-state index in [2.05, 4.69) is 11.9 Å². The molecule has 0 aromatic rings. The van der Waals surface area contributed by atoms with E-state index in [1.807, 2.05) is 0 Å². The van der Waals surface area contributed by atoms with E-state index in [-0.39, 0.29) is 11.8 Å². The first-order chi connectivity index (χ1) is 8.26. The van der Waals surface area contributed by atoms with Gasteiger partial charge in [0.25, 0.3) is 0 Å². The maximum Gasteiger partial charge on any atom is 0.427 e. The van der Waals surface area contributed by atoms with Crippen LogP contribution >= 0.6 is 23.2 Å². The molecule has 1 rings (SSSR count). The minimum atomic E-state index is -2.22. The van der Waals surface area contributed by atoms with Gasteiger partial charge in [-0.1, -0.05) is 6.92 Å². The standard InChI is InChI=1S/C10H17Cl2N3O3/c1-7-5-18-6-8(7)4-13-9(14(2)3)10(11,12)15(16)17/h7-8H,4-6H2,1-3H3. The Morgan fingerprint density at radius 3 is 2.56 bits per heavy atom. The fourth-order valence-corrected chi connectivity index (χ4v) is 2.19. The van der Waals surface area contributed by atoms with E-state index in [1.54, 1.807) is 14.1 Å². The first kappa shape index (κ1) is 15.5. The van der Waals surface area contributed by atoms with Crippen molar-refractivity contribution in [2.75, 3.05) is 33.9 Å². The molecule has 0 aromatic heterocycles. The molecule has 2 atom stereocenters. The Morgan fingerprint density at radius 2 is 2.17 bits per heavy atom. The molecule has 0 aliphatic carbocycles. The molecular weight excluding hydrogens is 281 g/mol. The van der Waals surface area contributed by atoms with E-state index < -0.39 is 9.38 Å². The summed E-state index contributed by atoms with van der Waals surface area (Å²) in [6, 6.07) is 0. The molecule has 18 heavy (non-hydrogen) atoms. The summed E-state index contributed by atoms with van der Waals surface area (Å²) in [5.41, 5.74) is 0. The van der Waals surface area contributed by atoms with Gasteiger partial charge in [-0.25, -0.2) is 0 Å². The van der Waals surface area contributed by atoms with Crippen molar-refractivity contribution in [1.29, 1.82) is 0 Å². The zero-order valence-corrected chi connectivity index (χ0v) is 12.1. The topological polar surface area (TPSA) is 68.0 Å². The SMILES string of the molecule is CC1COCC1CN=C(N(C)C)C(Cl)(Cl)[N+](=O)[O-]. The lowest BCUT2D eigenvalue weighted by molar-refractivity contribution is -0.497. The Morgan fingerprint density at radius 1 is 1.56 bits per heavy atom.